The van der Waals surface area contributed by atoms with Crippen LogP contribution in [0.2, 0.25) is 0 Å². The first-order chi connectivity index (χ1) is 7.10. The fourth-order valence-electron chi connectivity index (χ4n) is 0.550. The smallest absolute Gasteiger partial charge is 0.421 e. The van der Waals surface area contributed by atoms with E-state index in [0.717, 1.165) is 7.11 Å². The number of nitrogens with one attached hydrogen (secondary N) is 2. The first-order valence-electron chi connectivity index (χ1n) is 4.26. The van der Waals surface area contributed by atoms with Gasteiger partial charge in [-0.3, -0.25) is 0 Å². The van der Waals surface area contributed by atoms with E-state index >= 15 is 0 Å². The fourth-order valence-corrected chi connectivity index (χ4v) is 1.55. The van der Waals surface area contributed by atoms with Gasteiger partial charge in [-0.15, -0.1) is 0 Å². The maximum absolute atomic E-state index is 11.3. The minimum absolute atomic E-state index is 0.0192. The van der Waals surface area contributed by atoms with E-state index in [-0.39, 0.29) is 11.5 Å². The van der Waals surface area contributed by atoms with E-state index in [1.807, 2.05) is 0 Å². The molecule has 0 aromatic heterocycles. The molecule has 1 amide bonds. The zero-order valence-corrected chi connectivity index (χ0v) is 10.9. The van der Waals surface area contributed by atoms with Crippen LogP contribution in [0.4, 0.5) is 4.79 Å². The molecule has 0 aromatic carbocycles. The largest absolute Gasteiger partial charge is 0.452 e. The molecule has 0 aliphatic carbocycles. The van der Waals surface area contributed by atoms with E-state index < -0.39 is 21.7 Å². The van der Waals surface area contributed by atoms with E-state index in [9.17, 15) is 13.2 Å². The van der Waals surface area contributed by atoms with Gasteiger partial charge in [0.25, 0.3) is 0 Å². The Morgan fingerprint density at radius 2 is 2.00 bits per heavy atom. The van der Waals surface area contributed by atoms with Crippen LogP contribution in [0.3, 0.4) is 0 Å². The number of carbonyl (C=O) groups excluding carboxylic acids is 1. The van der Waals surface area contributed by atoms with E-state index in [1.165, 1.54) is 0 Å². The topological polar surface area (TPSA) is 111 Å². The number of ether oxygens (including phenoxy) is 1. The molecule has 0 bridgehead atoms. The number of amides is 1. The lowest BCUT2D eigenvalue weighted by molar-refractivity contribution is 0.177. The SMILES string of the molecule is COC(=O)NS(=O)(=O)NCC(C)(C)C(N)=S. The van der Waals surface area contributed by atoms with Gasteiger partial charge in [0.2, 0.25) is 0 Å². The number of thiocarbonyl (C=S) groups is 1. The number of methoxy groups -OCH3 is 1. The van der Waals surface area contributed by atoms with Crippen LogP contribution in [0, 0.1) is 5.41 Å². The number of nitrogens with two attached hydrogens (primary N) is 1. The normalized spacial score (nSPS) is 11.9. The summed E-state index contributed by atoms with van der Waals surface area (Å²) < 4.78 is 30.4. The quantitative estimate of drug-likeness (QED) is 0.580. The van der Waals surface area contributed by atoms with E-state index in [4.69, 9.17) is 18.0 Å². The zero-order chi connectivity index (χ0) is 13.0. The summed E-state index contributed by atoms with van der Waals surface area (Å²) in [7, 11) is -2.89. The van der Waals surface area contributed by atoms with Crippen LogP contribution in [-0.2, 0) is 14.9 Å². The van der Waals surface area contributed by atoms with Crippen LogP contribution in [0.15, 0.2) is 0 Å². The summed E-state index contributed by atoms with van der Waals surface area (Å²) in [4.78, 5) is 10.9. The van der Waals surface area contributed by atoms with Crippen molar-refractivity contribution in [1.29, 1.82) is 0 Å². The lowest BCUT2D eigenvalue weighted by Crippen LogP contribution is -2.46. The molecule has 0 aromatic rings. The Bertz CT molecular complexity index is 377. The first-order valence-corrected chi connectivity index (χ1v) is 6.15. The van der Waals surface area contributed by atoms with Crippen LogP contribution >= 0.6 is 12.2 Å². The van der Waals surface area contributed by atoms with Crippen molar-refractivity contribution in [1.82, 2.24) is 9.44 Å². The number of hydrogen-bond acceptors (Lipinski definition) is 5. The highest BCUT2D eigenvalue weighted by atomic mass is 32.2. The van der Waals surface area contributed by atoms with E-state index in [2.05, 4.69) is 9.46 Å². The monoisotopic (exact) mass is 269 g/mol. The van der Waals surface area contributed by atoms with Crippen molar-refractivity contribution < 1.29 is 17.9 Å². The number of carbonyl (C=O) groups is 1. The van der Waals surface area contributed by atoms with Gasteiger partial charge in [0.05, 0.1) is 12.1 Å². The van der Waals surface area contributed by atoms with Gasteiger partial charge in [-0.2, -0.15) is 13.1 Å². The van der Waals surface area contributed by atoms with Gasteiger partial charge in [-0.25, -0.2) is 9.52 Å². The second kappa shape index (κ2) is 5.41. The maximum atomic E-state index is 11.3. The molecule has 0 saturated heterocycles. The molecule has 16 heavy (non-hydrogen) atoms. The lowest BCUT2D eigenvalue weighted by atomic mass is 9.94. The Morgan fingerprint density at radius 1 is 1.50 bits per heavy atom. The van der Waals surface area contributed by atoms with Crippen LogP contribution in [0.5, 0.6) is 0 Å². The number of hydrogen-bond donors (Lipinski definition) is 3. The molecule has 0 heterocycles. The van der Waals surface area contributed by atoms with Crippen molar-refractivity contribution in [3.63, 3.8) is 0 Å². The van der Waals surface area contributed by atoms with Crippen molar-refractivity contribution >= 4 is 33.5 Å². The summed E-state index contributed by atoms with van der Waals surface area (Å²) in [6.45, 7) is 3.33. The first kappa shape index (κ1) is 15.1. The molecular weight excluding hydrogens is 254 g/mol. The van der Waals surface area contributed by atoms with E-state index in [0.29, 0.717) is 0 Å². The molecule has 0 fully saturated rings. The summed E-state index contributed by atoms with van der Waals surface area (Å²) in [5.74, 6) is 0. The van der Waals surface area contributed by atoms with Crippen LogP contribution in [0.1, 0.15) is 13.8 Å². The lowest BCUT2D eigenvalue weighted by Gasteiger charge is -2.23. The summed E-state index contributed by atoms with van der Waals surface area (Å²) in [5.41, 5.74) is 4.73. The second-order valence-corrected chi connectivity index (χ2v) is 5.61. The molecule has 0 spiro atoms. The van der Waals surface area contributed by atoms with E-state index in [1.54, 1.807) is 18.6 Å². The van der Waals surface area contributed by atoms with Gasteiger partial charge in [0.1, 0.15) is 0 Å². The summed E-state index contributed by atoms with van der Waals surface area (Å²) in [6.07, 6.45) is -1.07. The zero-order valence-electron chi connectivity index (χ0n) is 9.23. The number of rotatable bonds is 5. The maximum Gasteiger partial charge on any atom is 0.421 e. The Labute approximate surface area is 99.9 Å². The molecule has 0 unspecified atom stereocenters. The van der Waals surface area contributed by atoms with Crippen molar-refractivity contribution in [3.05, 3.63) is 0 Å². The Kier molecular flexibility index (Phi) is 5.10. The molecule has 0 radical (unpaired) electrons. The van der Waals surface area contributed by atoms with Crippen LogP contribution < -0.4 is 15.2 Å². The minimum Gasteiger partial charge on any atom is -0.452 e. The Morgan fingerprint density at radius 3 is 2.38 bits per heavy atom. The van der Waals surface area contributed by atoms with Gasteiger partial charge in [-0.05, 0) is 0 Å². The van der Waals surface area contributed by atoms with Crippen LogP contribution in [0.25, 0.3) is 0 Å². The molecule has 0 aliphatic heterocycles. The van der Waals surface area contributed by atoms with Crippen molar-refractivity contribution in [2.75, 3.05) is 13.7 Å². The Hall–Kier alpha value is -0.930. The molecule has 94 valence electrons. The van der Waals surface area contributed by atoms with Gasteiger partial charge < -0.3 is 10.5 Å². The summed E-state index contributed by atoms with van der Waals surface area (Å²) >= 11 is 4.76. The van der Waals surface area contributed by atoms with Crippen molar-refractivity contribution in [3.8, 4) is 0 Å². The summed E-state index contributed by atoms with van der Waals surface area (Å²) in [5, 5.41) is 0. The van der Waals surface area contributed by atoms with Crippen molar-refractivity contribution in [2.45, 2.75) is 13.8 Å². The third-order valence-corrected chi connectivity index (χ3v) is 3.29. The molecule has 7 nitrogen and oxygen atoms in total. The summed E-state index contributed by atoms with van der Waals surface area (Å²) in [6, 6.07) is 0. The van der Waals surface area contributed by atoms with Gasteiger partial charge >= 0.3 is 16.3 Å². The Balaban J connectivity index is 4.41. The molecule has 0 aliphatic rings. The van der Waals surface area contributed by atoms with Gasteiger partial charge in [0, 0.05) is 12.0 Å². The highest BCUT2D eigenvalue weighted by Gasteiger charge is 2.24. The van der Waals surface area contributed by atoms with Crippen LogP contribution in [-0.4, -0.2) is 33.2 Å². The molecule has 0 atom stereocenters. The molecule has 9 heteroatoms. The van der Waals surface area contributed by atoms with Gasteiger partial charge in [0.15, 0.2) is 0 Å². The minimum atomic E-state index is -3.95. The third-order valence-electron chi connectivity index (χ3n) is 1.77. The molecule has 0 rings (SSSR count). The standard InChI is InChI=1S/C7H15N3O4S2/c1-7(2,5(8)15)4-9-16(12,13)10-6(11)14-3/h9H,4H2,1-3H3,(H2,8,15)(H,10,11). The van der Waals surface area contributed by atoms with Gasteiger partial charge in [-0.1, -0.05) is 26.1 Å². The predicted molar refractivity (Wildman–Crippen MR) is 63.0 cm³/mol. The molecule has 4 N–H and O–H groups in total. The predicted octanol–water partition coefficient (Wildman–Crippen LogP) is -0.511. The average molecular weight is 269 g/mol. The highest BCUT2D eigenvalue weighted by molar-refractivity contribution is 7.88. The molecule has 0 saturated carbocycles. The molecular formula is C7H15N3O4S2. The van der Waals surface area contributed by atoms with Crippen molar-refractivity contribution in [2.24, 2.45) is 11.1 Å². The average Bonchev–Trinajstić information content (AvgIpc) is 2.14. The highest BCUT2D eigenvalue weighted by Crippen LogP contribution is 2.13. The fraction of sp³-hybridized carbons (Fsp3) is 0.714. The third kappa shape index (κ3) is 5.24. The second-order valence-electron chi connectivity index (χ2n) is 3.67.